The third-order valence-corrected chi connectivity index (χ3v) is 4.78. The van der Waals surface area contributed by atoms with Gasteiger partial charge in [0, 0.05) is 12.8 Å². The maximum absolute atomic E-state index is 13.9. The quantitative estimate of drug-likeness (QED) is 0.485. The Morgan fingerprint density at radius 1 is 1.16 bits per heavy atom. The van der Waals surface area contributed by atoms with Crippen molar-refractivity contribution in [1.82, 2.24) is 25.1 Å². The molecule has 0 aliphatic rings. The molecule has 0 bridgehead atoms. The van der Waals surface area contributed by atoms with Gasteiger partial charge in [0.1, 0.15) is 24.3 Å². The molecule has 0 aliphatic carbocycles. The topological polar surface area (TPSA) is 85.8 Å². The van der Waals surface area contributed by atoms with Crippen molar-refractivity contribution in [3.8, 4) is 17.0 Å². The molecular weight excluding hydrogens is 404 g/mol. The zero-order valence-electron chi connectivity index (χ0n) is 16.6. The van der Waals surface area contributed by atoms with E-state index in [0.717, 1.165) is 23.4 Å². The fourth-order valence-electron chi connectivity index (χ4n) is 3.15. The molecule has 0 unspecified atom stereocenters. The Kier molecular flexibility index (Phi) is 5.83. The molecule has 2 aromatic heterocycles. The summed E-state index contributed by atoms with van der Waals surface area (Å²) in [6.45, 7) is 1.88. The summed E-state index contributed by atoms with van der Waals surface area (Å²) in [5.74, 6) is -1.43. The first-order valence-electron chi connectivity index (χ1n) is 9.64. The van der Waals surface area contributed by atoms with Gasteiger partial charge in [-0.15, -0.1) is 0 Å². The molecule has 0 fully saturated rings. The van der Waals surface area contributed by atoms with Gasteiger partial charge in [-0.2, -0.15) is 5.10 Å². The number of rotatable bonds is 7. The molecule has 0 radical (unpaired) electrons. The second-order valence-electron chi connectivity index (χ2n) is 6.94. The number of aryl methyl sites for hydroxylation is 1. The molecule has 31 heavy (non-hydrogen) atoms. The predicted octanol–water partition coefficient (Wildman–Crippen LogP) is 4.01. The number of carbonyl (C=O) groups excluding carboxylic acids is 1. The molecule has 1 atom stereocenters. The number of nitrogens with zero attached hydrogens (tertiary/aromatic N) is 4. The smallest absolute Gasteiger partial charge is 0.220 e. The summed E-state index contributed by atoms with van der Waals surface area (Å²) in [7, 11) is 0. The van der Waals surface area contributed by atoms with Crippen LogP contribution in [0, 0.1) is 11.6 Å². The van der Waals surface area contributed by atoms with Crippen LogP contribution < -0.4 is 5.32 Å². The lowest BCUT2D eigenvalue weighted by atomic mass is 10.1. The lowest BCUT2D eigenvalue weighted by Crippen LogP contribution is -2.26. The van der Waals surface area contributed by atoms with Crippen LogP contribution in [0.3, 0.4) is 0 Å². The molecule has 2 heterocycles. The minimum Gasteiger partial charge on any atom is -0.441 e. The fraction of sp³-hybridized carbons (Fsp3) is 0.182. The number of oxazole rings is 1. The molecule has 1 N–H and O–H groups in total. The van der Waals surface area contributed by atoms with Crippen LogP contribution in [-0.4, -0.2) is 25.7 Å². The van der Waals surface area contributed by atoms with Gasteiger partial charge in [-0.05, 0) is 36.8 Å². The van der Waals surface area contributed by atoms with Gasteiger partial charge >= 0.3 is 0 Å². The Balaban J connectivity index is 1.33. The fourth-order valence-corrected chi connectivity index (χ4v) is 3.15. The number of benzene rings is 2. The highest BCUT2D eigenvalue weighted by Gasteiger charge is 2.17. The first kappa shape index (κ1) is 20.4. The van der Waals surface area contributed by atoms with Crippen molar-refractivity contribution in [2.45, 2.75) is 25.8 Å². The summed E-state index contributed by atoms with van der Waals surface area (Å²) in [4.78, 5) is 20.3. The van der Waals surface area contributed by atoms with Crippen LogP contribution in [0.2, 0.25) is 0 Å². The number of aromatic nitrogens is 4. The van der Waals surface area contributed by atoms with Gasteiger partial charge < -0.3 is 9.73 Å². The van der Waals surface area contributed by atoms with Gasteiger partial charge in [-0.3, -0.25) is 4.79 Å². The second kappa shape index (κ2) is 8.86. The molecule has 4 aromatic rings. The summed E-state index contributed by atoms with van der Waals surface area (Å²) in [6, 6.07) is 11.0. The Morgan fingerprint density at radius 2 is 1.90 bits per heavy atom. The largest absolute Gasteiger partial charge is 0.441 e. The molecule has 7 nitrogen and oxygen atoms in total. The van der Waals surface area contributed by atoms with Gasteiger partial charge in [0.2, 0.25) is 5.91 Å². The van der Waals surface area contributed by atoms with Gasteiger partial charge in [0.05, 0.1) is 23.5 Å². The molecular formula is C22H19F2N5O2. The van der Waals surface area contributed by atoms with Gasteiger partial charge in [0.25, 0.3) is 0 Å². The van der Waals surface area contributed by atoms with Crippen molar-refractivity contribution in [2.75, 3.05) is 0 Å². The monoisotopic (exact) mass is 423 g/mol. The molecule has 158 valence electrons. The van der Waals surface area contributed by atoms with Gasteiger partial charge in [-0.25, -0.2) is 23.4 Å². The lowest BCUT2D eigenvalue weighted by molar-refractivity contribution is -0.121. The van der Waals surface area contributed by atoms with E-state index in [4.69, 9.17) is 4.42 Å². The van der Waals surface area contributed by atoms with Crippen LogP contribution in [0.25, 0.3) is 17.0 Å². The van der Waals surface area contributed by atoms with Crippen LogP contribution in [-0.2, 0) is 11.2 Å². The van der Waals surface area contributed by atoms with E-state index in [9.17, 15) is 13.6 Å². The standard InChI is InChI=1S/C22H19F2N5O2/c1-14(15-5-7-16(8-6-15)29-13-25-12-27-29)28-20(30)9-10-21-26-11-19(31-21)22-17(23)3-2-4-18(22)24/h2-8,11-14H,9-10H2,1H3,(H,28,30)/t14-/m1/s1. The summed E-state index contributed by atoms with van der Waals surface area (Å²) in [5, 5.41) is 6.99. The molecule has 4 rings (SSSR count). The summed E-state index contributed by atoms with van der Waals surface area (Å²) < 4.78 is 34.8. The van der Waals surface area contributed by atoms with E-state index in [0.29, 0.717) is 0 Å². The van der Waals surface area contributed by atoms with Gasteiger partial charge in [0.15, 0.2) is 11.7 Å². The molecule has 1 amide bonds. The van der Waals surface area contributed by atoms with Crippen LogP contribution in [0.1, 0.15) is 30.8 Å². The van der Waals surface area contributed by atoms with Crippen molar-refractivity contribution >= 4 is 5.91 Å². The van der Waals surface area contributed by atoms with Crippen LogP contribution in [0.15, 0.2) is 65.7 Å². The molecule has 0 aliphatic heterocycles. The lowest BCUT2D eigenvalue weighted by Gasteiger charge is -2.14. The van der Waals surface area contributed by atoms with Crippen molar-refractivity contribution in [3.63, 3.8) is 0 Å². The van der Waals surface area contributed by atoms with Crippen molar-refractivity contribution in [1.29, 1.82) is 0 Å². The molecule has 0 saturated heterocycles. The van der Waals surface area contributed by atoms with E-state index in [1.165, 1.54) is 18.6 Å². The van der Waals surface area contributed by atoms with E-state index in [-0.39, 0.29) is 42.0 Å². The number of hydrogen-bond donors (Lipinski definition) is 1. The molecule has 0 saturated carbocycles. The van der Waals surface area contributed by atoms with Crippen molar-refractivity contribution in [3.05, 3.63) is 84.4 Å². The van der Waals surface area contributed by atoms with Crippen LogP contribution >= 0.6 is 0 Å². The number of halogens is 2. The third-order valence-electron chi connectivity index (χ3n) is 4.78. The minimum atomic E-state index is -0.732. The highest BCUT2D eigenvalue weighted by atomic mass is 19.1. The normalized spacial score (nSPS) is 12.0. The molecule has 9 heteroatoms. The Bertz CT molecular complexity index is 1150. The Hall–Kier alpha value is -3.88. The highest BCUT2D eigenvalue weighted by molar-refractivity contribution is 5.76. The maximum atomic E-state index is 13.9. The van der Waals surface area contributed by atoms with Gasteiger partial charge in [-0.1, -0.05) is 18.2 Å². The summed E-state index contributed by atoms with van der Waals surface area (Å²) in [6.07, 6.45) is 4.66. The van der Waals surface area contributed by atoms with E-state index < -0.39 is 11.6 Å². The average Bonchev–Trinajstić information content (AvgIpc) is 3.45. The predicted molar refractivity (Wildman–Crippen MR) is 108 cm³/mol. The molecule has 2 aromatic carbocycles. The Morgan fingerprint density at radius 3 is 2.58 bits per heavy atom. The average molecular weight is 423 g/mol. The van der Waals surface area contributed by atoms with Crippen molar-refractivity contribution in [2.24, 2.45) is 0 Å². The first-order chi connectivity index (χ1) is 15.0. The SMILES string of the molecule is C[C@@H](NC(=O)CCc1ncc(-c2c(F)cccc2F)o1)c1ccc(-n2cncn2)cc1. The molecule has 0 spiro atoms. The number of carbonyl (C=O) groups is 1. The van der Waals surface area contributed by atoms with E-state index in [2.05, 4.69) is 20.4 Å². The number of nitrogens with one attached hydrogen (secondary N) is 1. The number of hydrogen-bond acceptors (Lipinski definition) is 5. The zero-order valence-corrected chi connectivity index (χ0v) is 16.6. The highest BCUT2D eigenvalue weighted by Crippen LogP contribution is 2.26. The minimum absolute atomic E-state index is 0.00755. The maximum Gasteiger partial charge on any atom is 0.220 e. The van der Waals surface area contributed by atoms with Crippen LogP contribution in [0.5, 0.6) is 0 Å². The first-order valence-corrected chi connectivity index (χ1v) is 9.64. The number of amides is 1. The van der Waals surface area contributed by atoms with E-state index in [1.54, 1.807) is 11.0 Å². The van der Waals surface area contributed by atoms with Crippen molar-refractivity contribution < 1.29 is 18.0 Å². The Labute approximate surface area is 176 Å². The summed E-state index contributed by atoms with van der Waals surface area (Å²) >= 11 is 0. The zero-order chi connectivity index (χ0) is 21.8. The van der Waals surface area contributed by atoms with E-state index in [1.807, 2.05) is 31.2 Å². The third kappa shape index (κ3) is 4.66. The summed E-state index contributed by atoms with van der Waals surface area (Å²) in [5.41, 5.74) is 1.53. The van der Waals surface area contributed by atoms with Crippen LogP contribution in [0.4, 0.5) is 8.78 Å². The second-order valence-corrected chi connectivity index (χ2v) is 6.94. The van der Waals surface area contributed by atoms with E-state index >= 15 is 0 Å².